The highest BCUT2D eigenvalue weighted by Gasteiger charge is 2.07. The van der Waals surface area contributed by atoms with Crippen LogP contribution in [-0.4, -0.2) is 10.2 Å². The van der Waals surface area contributed by atoms with Gasteiger partial charge >= 0.3 is 0 Å². The highest BCUT2D eigenvalue weighted by molar-refractivity contribution is 9.10. The third kappa shape index (κ3) is 1.73. The Balaban J connectivity index is 2.47. The van der Waals surface area contributed by atoms with Crippen molar-refractivity contribution in [2.75, 3.05) is 5.73 Å². The van der Waals surface area contributed by atoms with Crippen LogP contribution >= 0.6 is 27.5 Å². The molecule has 0 unspecified atom stereocenters. The zero-order valence-corrected chi connectivity index (χ0v) is 9.21. The van der Waals surface area contributed by atoms with E-state index in [1.54, 1.807) is 18.2 Å². The summed E-state index contributed by atoms with van der Waals surface area (Å²) in [5, 5.41) is 7.72. The summed E-state index contributed by atoms with van der Waals surface area (Å²) in [5.74, 6) is 0.591. The van der Waals surface area contributed by atoms with Gasteiger partial charge < -0.3 is 10.2 Å². The van der Waals surface area contributed by atoms with Gasteiger partial charge in [0.1, 0.15) is 5.69 Å². The molecule has 0 amide bonds. The number of furan rings is 1. The van der Waals surface area contributed by atoms with Gasteiger partial charge in [-0.05, 0) is 34.1 Å². The minimum Gasteiger partial charge on any atom is -0.448 e. The zero-order valence-electron chi connectivity index (χ0n) is 6.87. The van der Waals surface area contributed by atoms with Crippen molar-refractivity contribution in [2.45, 2.75) is 0 Å². The smallest absolute Gasteiger partial charge is 0.174 e. The SMILES string of the molecule is Nc1cc(-c2ccc(Br)o2)nnc1Cl. The minimum atomic E-state index is 0.194. The summed E-state index contributed by atoms with van der Waals surface area (Å²) in [6.07, 6.45) is 0. The molecule has 2 aromatic heterocycles. The van der Waals surface area contributed by atoms with Crippen LogP contribution in [-0.2, 0) is 0 Å². The van der Waals surface area contributed by atoms with Crippen LogP contribution in [0.4, 0.5) is 5.69 Å². The van der Waals surface area contributed by atoms with Crippen molar-refractivity contribution in [1.29, 1.82) is 0 Å². The predicted octanol–water partition coefficient (Wildman–Crippen LogP) is 2.73. The summed E-state index contributed by atoms with van der Waals surface area (Å²) in [4.78, 5) is 0. The number of hydrogen-bond donors (Lipinski definition) is 1. The number of rotatable bonds is 1. The van der Waals surface area contributed by atoms with Gasteiger partial charge in [-0.1, -0.05) is 11.6 Å². The molecule has 2 rings (SSSR count). The van der Waals surface area contributed by atoms with Gasteiger partial charge in [0.2, 0.25) is 0 Å². The Morgan fingerprint density at radius 2 is 2.14 bits per heavy atom. The summed E-state index contributed by atoms with van der Waals surface area (Å²) in [5.41, 5.74) is 6.51. The molecule has 14 heavy (non-hydrogen) atoms. The van der Waals surface area contributed by atoms with Crippen molar-refractivity contribution < 1.29 is 4.42 Å². The number of nitrogens with two attached hydrogens (primary N) is 1. The Morgan fingerprint density at radius 3 is 2.71 bits per heavy atom. The Labute approximate surface area is 93.2 Å². The molecule has 72 valence electrons. The first-order chi connectivity index (χ1) is 6.66. The first-order valence-corrected chi connectivity index (χ1v) is 4.88. The zero-order chi connectivity index (χ0) is 10.1. The normalized spacial score (nSPS) is 10.4. The van der Waals surface area contributed by atoms with Gasteiger partial charge in [0, 0.05) is 0 Å². The molecular formula is C8H5BrClN3O. The fraction of sp³-hybridized carbons (Fsp3) is 0. The van der Waals surface area contributed by atoms with E-state index < -0.39 is 0 Å². The van der Waals surface area contributed by atoms with Crippen molar-refractivity contribution in [1.82, 2.24) is 10.2 Å². The molecule has 2 heterocycles. The average Bonchev–Trinajstić information content (AvgIpc) is 2.57. The maximum Gasteiger partial charge on any atom is 0.174 e. The Hall–Kier alpha value is -1.07. The molecule has 0 aromatic carbocycles. The standard InChI is InChI=1S/C8H5BrClN3O/c9-7-2-1-6(14-7)5-3-4(11)8(10)13-12-5/h1-3H,(H2,11,12). The van der Waals surface area contributed by atoms with Gasteiger partial charge in [-0.25, -0.2) is 0 Å². The van der Waals surface area contributed by atoms with E-state index in [4.69, 9.17) is 21.8 Å². The summed E-state index contributed by atoms with van der Waals surface area (Å²) >= 11 is 8.83. The molecule has 0 aliphatic rings. The van der Waals surface area contributed by atoms with Crippen LogP contribution in [0.2, 0.25) is 5.15 Å². The molecule has 0 saturated carbocycles. The minimum absolute atomic E-state index is 0.194. The van der Waals surface area contributed by atoms with E-state index in [0.717, 1.165) is 0 Å². The molecule has 0 aliphatic carbocycles. The van der Waals surface area contributed by atoms with Crippen LogP contribution in [0.3, 0.4) is 0 Å². The second kappa shape index (κ2) is 3.59. The van der Waals surface area contributed by atoms with Crippen molar-refractivity contribution in [2.24, 2.45) is 0 Å². The molecule has 4 nitrogen and oxygen atoms in total. The fourth-order valence-corrected chi connectivity index (χ4v) is 1.36. The van der Waals surface area contributed by atoms with E-state index in [-0.39, 0.29) is 5.15 Å². The van der Waals surface area contributed by atoms with Gasteiger partial charge in [-0.3, -0.25) is 0 Å². The summed E-state index contributed by atoms with van der Waals surface area (Å²) in [6.45, 7) is 0. The lowest BCUT2D eigenvalue weighted by Crippen LogP contribution is -1.93. The van der Waals surface area contributed by atoms with Gasteiger partial charge in [0.15, 0.2) is 15.6 Å². The maximum atomic E-state index is 5.63. The highest BCUT2D eigenvalue weighted by Crippen LogP contribution is 2.25. The van der Waals surface area contributed by atoms with Crippen LogP contribution in [0.15, 0.2) is 27.3 Å². The summed E-state index contributed by atoms with van der Waals surface area (Å²) in [6, 6.07) is 5.14. The van der Waals surface area contributed by atoms with E-state index in [9.17, 15) is 0 Å². The second-order valence-electron chi connectivity index (χ2n) is 2.58. The van der Waals surface area contributed by atoms with Crippen molar-refractivity contribution in [3.8, 4) is 11.5 Å². The number of halogens is 2. The number of hydrogen-bond acceptors (Lipinski definition) is 4. The summed E-state index contributed by atoms with van der Waals surface area (Å²) in [7, 11) is 0. The van der Waals surface area contributed by atoms with Crippen LogP contribution in [0.5, 0.6) is 0 Å². The van der Waals surface area contributed by atoms with E-state index in [1.165, 1.54) is 0 Å². The Morgan fingerprint density at radius 1 is 1.36 bits per heavy atom. The molecule has 0 radical (unpaired) electrons. The van der Waals surface area contributed by atoms with Crippen LogP contribution < -0.4 is 5.73 Å². The Bertz CT molecular complexity index is 471. The topological polar surface area (TPSA) is 64.9 Å². The van der Waals surface area contributed by atoms with Gasteiger partial charge in [-0.2, -0.15) is 0 Å². The molecule has 0 bridgehead atoms. The number of nitrogen functional groups attached to an aromatic ring is 1. The fourth-order valence-electron chi connectivity index (χ4n) is 0.964. The first-order valence-electron chi connectivity index (χ1n) is 3.71. The highest BCUT2D eigenvalue weighted by atomic mass is 79.9. The van der Waals surface area contributed by atoms with Crippen molar-refractivity contribution in [3.05, 3.63) is 28.0 Å². The Kier molecular flexibility index (Phi) is 2.43. The third-order valence-electron chi connectivity index (χ3n) is 1.60. The lowest BCUT2D eigenvalue weighted by Gasteiger charge is -1.98. The molecule has 0 spiro atoms. The number of nitrogens with zero attached hydrogens (tertiary/aromatic N) is 2. The molecule has 6 heteroatoms. The molecule has 2 N–H and O–H groups in total. The predicted molar refractivity (Wildman–Crippen MR) is 56.9 cm³/mol. The molecular weight excluding hydrogens is 269 g/mol. The monoisotopic (exact) mass is 273 g/mol. The van der Waals surface area contributed by atoms with Gasteiger partial charge in [0.25, 0.3) is 0 Å². The number of aromatic nitrogens is 2. The molecule has 0 atom stereocenters. The van der Waals surface area contributed by atoms with Crippen LogP contribution in [0.25, 0.3) is 11.5 Å². The lowest BCUT2D eigenvalue weighted by molar-refractivity contribution is 0.553. The van der Waals surface area contributed by atoms with Gasteiger partial charge in [0.05, 0.1) is 5.69 Å². The van der Waals surface area contributed by atoms with E-state index in [0.29, 0.717) is 21.8 Å². The van der Waals surface area contributed by atoms with E-state index >= 15 is 0 Å². The lowest BCUT2D eigenvalue weighted by atomic mass is 10.3. The third-order valence-corrected chi connectivity index (χ3v) is 2.32. The maximum absolute atomic E-state index is 5.63. The van der Waals surface area contributed by atoms with Crippen LogP contribution in [0, 0.1) is 0 Å². The van der Waals surface area contributed by atoms with Crippen molar-refractivity contribution in [3.63, 3.8) is 0 Å². The van der Waals surface area contributed by atoms with E-state index in [1.807, 2.05) is 0 Å². The molecule has 2 aromatic rings. The molecule has 0 saturated heterocycles. The quantitative estimate of drug-likeness (QED) is 0.868. The molecule has 0 aliphatic heterocycles. The van der Waals surface area contributed by atoms with Crippen LogP contribution in [0.1, 0.15) is 0 Å². The summed E-state index contributed by atoms with van der Waals surface area (Å²) < 4.78 is 5.91. The first kappa shape index (κ1) is 9.48. The largest absolute Gasteiger partial charge is 0.448 e. The number of anilines is 1. The van der Waals surface area contributed by atoms with Gasteiger partial charge in [-0.15, -0.1) is 10.2 Å². The van der Waals surface area contributed by atoms with E-state index in [2.05, 4.69) is 26.1 Å². The molecule has 0 fully saturated rings. The second-order valence-corrected chi connectivity index (χ2v) is 3.72. The average molecular weight is 275 g/mol. The van der Waals surface area contributed by atoms with Crippen molar-refractivity contribution >= 4 is 33.2 Å².